The van der Waals surface area contributed by atoms with E-state index in [0.29, 0.717) is 22.4 Å². The minimum absolute atomic E-state index is 0.229. The molecule has 1 saturated heterocycles. The van der Waals surface area contributed by atoms with Gasteiger partial charge in [0, 0.05) is 42.8 Å². The molecule has 1 aliphatic rings. The van der Waals surface area contributed by atoms with E-state index in [4.69, 9.17) is 5.73 Å². The Morgan fingerprint density at radius 1 is 1.21 bits per heavy atom. The smallest absolute Gasteiger partial charge is 0.187 e. The fraction of sp³-hybridized carbons (Fsp3) is 0.286. The zero-order chi connectivity index (χ0) is 20.1. The third-order valence-electron chi connectivity index (χ3n) is 5.70. The van der Waals surface area contributed by atoms with Gasteiger partial charge in [-0.1, -0.05) is 12.1 Å². The van der Waals surface area contributed by atoms with Crippen molar-refractivity contribution >= 4 is 16.6 Å². The number of phenolic OH excluding ortho intramolecular Hbond substituents is 1. The topological polar surface area (TPSA) is 92.6 Å². The van der Waals surface area contributed by atoms with Crippen molar-refractivity contribution in [2.45, 2.75) is 25.4 Å². The quantitative estimate of drug-likeness (QED) is 0.557. The molecular weight excluding hydrogens is 371 g/mol. The summed E-state index contributed by atoms with van der Waals surface area (Å²) >= 11 is 0. The van der Waals surface area contributed by atoms with E-state index in [1.165, 1.54) is 12.1 Å². The van der Waals surface area contributed by atoms with Crippen molar-refractivity contribution < 1.29 is 9.50 Å². The van der Waals surface area contributed by atoms with Gasteiger partial charge in [0.1, 0.15) is 5.69 Å². The lowest BCUT2D eigenvalue weighted by atomic mass is 10.1. The SMILES string of the molecule is C[C@@H](c1ccc2nnc(-c3ccc4cc(F)c(O)cc4n3)n2c1)N1CC[C@H](N)C1. The molecule has 0 unspecified atom stereocenters. The predicted molar refractivity (Wildman–Crippen MR) is 108 cm³/mol. The average Bonchev–Trinajstić information content (AvgIpc) is 3.34. The van der Waals surface area contributed by atoms with Crippen molar-refractivity contribution in [1.82, 2.24) is 24.5 Å². The highest BCUT2D eigenvalue weighted by atomic mass is 19.1. The summed E-state index contributed by atoms with van der Waals surface area (Å²) < 4.78 is 15.5. The highest BCUT2D eigenvalue weighted by molar-refractivity contribution is 5.82. The van der Waals surface area contributed by atoms with Gasteiger partial charge in [0.25, 0.3) is 0 Å². The maximum atomic E-state index is 13.6. The molecule has 7 nitrogen and oxygen atoms in total. The van der Waals surface area contributed by atoms with E-state index in [2.05, 4.69) is 33.1 Å². The minimum atomic E-state index is -0.666. The van der Waals surface area contributed by atoms with Crippen LogP contribution >= 0.6 is 0 Å². The van der Waals surface area contributed by atoms with Gasteiger partial charge >= 0.3 is 0 Å². The number of nitrogens with two attached hydrogens (primary N) is 1. The van der Waals surface area contributed by atoms with Crippen LogP contribution in [0.1, 0.15) is 24.9 Å². The predicted octanol–water partition coefficient (Wildman–Crippen LogP) is 2.88. The first-order chi connectivity index (χ1) is 14.0. The molecule has 1 aromatic carbocycles. The number of phenols is 1. The van der Waals surface area contributed by atoms with Crippen molar-refractivity contribution in [1.29, 1.82) is 0 Å². The molecule has 29 heavy (non-hydrogen) atoms. The first kappa shape index (κ1) is 18.0. The van der Waals surface area contributed by atoms with Gasteiger partial charge in [-0.05, 0) is 37.1 Å². The molecule has 1 fully saturated rings. The summed E-state index contributed by atoms with van der Waals surface area (Å²) in [6.07, 6.45) is 3.05. The Kier molecular flexibility index (Phi) is 4.18. The fourth-order valence-corrected chi connectivity index (χ4v) is 3.96. The second kappa shape index (κ2) is 6.75. The fourth-order valence-electron chi connectivity index (χ4n) is 3.96. The van der Waals surface area contributed by atoms with Crippen LogP contribution in [0, 0.1) is 5.82 Å². The lowest BCUT2D eigenvalue weighted by Gasteiger charge is -2.24. The molecule has 148 valence electrons. The molecule has 5 rings (SSSR count). The molecule has 1 aliphatic heterocycles. The normalized spacial score (nSPS) is 18.7. The number of aromatic hydroxyl groups is 1. The number of hydrogen-bond donors (Lipinski definition) is 2. The number of halogens is 1. The van der Waals surface area contributed by atoms with Gasteiger partial charge in [-0.15, -0.1) is 10.2 Å². The first-order valence-corrected chi connectivity index (χ1v) is 9.63. The van der Waals surface area contributed by atoms with Crippen LogP contribution < -0.4 is 5.73 Å². The highest BCUT2D eigenvalue weighted by Gasteiger charge is 2.25. The van der Waals surface area contributed by atoms with Gasteiger partial charge in [-0.3, -0.25) is 9.30 Å². The Bertz CT molecular complexity index is 1220. The lowest BCUT2D eigenvalue weighted by Crippen LogP contribution is -2.28. The van der Waals surface area contributed by atoms with Crippen LogP contribution in [-0.4, -0.2) is 48.7 Å². The number of rotatable bonds is 3. The van der Waals surface area contributed by atoms with E-state index in [9.17, 15) is 9.50 Å². The molecule has 0 radical (unpaired) electrons. The summed E-state index contributed by atoms with van der Waals surface area (Å²) in [7, 11) is 0. The number of likely N-dealkylation sites (tertiary alicyclic amines) is 1. The second-order valence-corrected chi connectivity index (χ2v) is 7.63. The molecular formula is C21H21FN6O. The number of benzene rings is 1. The van der Waals surface area contributed by atoms with Gasteiger partial charge in [-0.25, -0.2) is 9.37 Å². The first-order valence-electron chi connectivity index (χ1n) is 9.63. The van der Waals surface area contributed by atoms with E-state index >= 15 is 0 Å². The van der Waals surface area contributed by atoms with Crippen molar-refractivity contribution in [2.75, 3.05) is 13.1 Å². The monoisotopic (exact) mass is 392 g/mol. The molecule has 3 N–H and O–H groups in total. The van der Waals surface area contributed by atoms with Gasteiger partial charge < -0.3 is 10.8 Å². The van der Waals surface area contributed by atoms with Crippen molar-refractivity contribution in [2.24, 2.45) is 5.73 Å². The Morgan fingerprint density at radius 3 is 2.86 bits per heavy atom. The number of nitrogens with zero attached hydrogens (tertiary/aromatic N) is 5. The van der Waals surface area contributed by atoms with E-state index in [1.54, 1.807) is 12.1 Å². The number of pyridine rings is 2. The maximum Gasteiger partial charge on any atom is 0.187 e. The van der Waals surface area contributed by atoms with Crippen LogP contribution in [-0.2, 0) is 0 Å². The van der Waals surface area contributed by atoms with Crippen molar-refractivity contribution in [3.63, 3.8) is 0 Å². The molecule has 4 heterocycles. The summed E-state index contributed by atoms with van der Waals surface area (Å²) in [4.78, 5) is 6.93. The molecule has 2 atom stereocenters. The van der Waals surface area contributed by atoms with Crippen LogP contribution in [0.5, 0.6) is 5.75 Å². The highest BCUT2D eigenvalue weighted by Crippen LogP contribution is 2.28. The molecule has 0 spiro atoms. The third-order valence-corrected chi connectivity index (χ3v) is 5.70. The van der Waals surface area contributed by atoms with Crippen LogP contribution in [0.15, 0.2) is 42.6 Å². The largest absolute Gasteiger partial charge is 0.505 e. The van der Waals surface area contributed by atoms with Crippen molar-refractivity contribution in [3.8, 4) is 17.3 Å². The lowest BCUT2D eigenvalue weighted by molar-refractivity contribution is 0.259. The van der Waals surface area contributed by atoms with Crippen LogP contribution in [0.4, 0.5) is 4.39 Å². The molecule has 0 aliphatic carbocycles. The summed E-state index contributed by atoms with van der Waals surface area (Å²) in [5.41, 5.74) is 9.03. The van der Waals surface area contributed by atoms with Gasteiger partial charge in [0.15, 0.2) is 23.0 Å². The molecule has 3 aromatic heterocycles. The van der Waals surface area contributed by atoms with Gasteiger partial charge in [0.2, 0.25) is 0 Å². The van der Waals surface area contributed by atoms with Gasteiger partial charge in [0.05, 0.1) is 5.52 Å². The van der Waals surface area contributed by atoms with Crippen LogP contribution in [0.2, 0.25) is 0 Å². The minimum Gasteiger partial charge on any atom is -0.505 e. The van der Waals surface area contributed by atoms with Gasteiger partial charge in [-0.2, -0.15) is 0 Å². The van der Waals surface area contributed by atoms with Crippen LogP contribution in [0.25, 0.3) is 28.1 Å². The van der Waals surface area contributed by atoms with E-state index < -0.39 is 11.6 Å². The average molecular weight is 392 g/mol. The summed E-state index contributed by atoms with van der Waals surface area (Å²) in [6.45, 7) is 4.05. The molecule has 0 saturated carbocycles. The Balaban J connectivity index is 1.56. The van der Waals surface area contributed by atoms with E-state index in [0.717, 1.165) is 30.7 Å². The number of hydrogen-bond acceptors (Lipinski definition) is 6. The maximum absolute atomic E-state index is 13.6. The Hall–Kier alpha value is -3.10. The standard InChI is InChI=1S/C21H21FN6O/c1-12(27-7-6-15(23)11-27)14-3-5-20-25-26-21(28(20)10-14)17-4-2-13-8-16(22)19(29)9-18(13)24-17/h2-5,8-10,12,15,29H,6-7,11,23H2,1H3/t12-,15-/m0/s1. The zero-order valence-electron chi connectivity index (χ0n) is 16.0. The Labute approximate surface area is 166 Å². The van der Waals surface area contributed by atoms with Crippen molar-refractivity contribution in [3.05, 3.63) is 54.0 Å². The van der Waals surface area contributed by atoms with E-state index in [-0.39, 0.29) is 12.1 Å². The number of fused-ring (bicyclic) bond motifs is 2. The zero-order valence-corrected chi connectivity index (χ0v) is 16.0. The number of aromatic nitrogens is 4. The molecule has 0 amide bonds. The molecule has 0 bridgehead atoms. The third kappa shape index (κ3) is 3.10. The molecule has 8 heteroatoms. The molecule has 4 aromatic rings. The Morgan fingerprint density at radius 2 is 2.07 bits per heavy atom. The van der Waals surface area contributed by atoms with E-state index in [1.807, 2.05) is 16.7 Å². The van der Waals surface area contributed by atoms with Crippen LogP contribution in [0.3, 0.4) is 0 Å². The second-order valence-electron chi connectivity index (χ2n) is 7.63. The summed E-state index contributed by atoms with van der Waals surface area (Å²) in [5.74, 6) is -0.494. The summed E-state index contributed by atoms with van der Waals surface area (Å²) in [5, 5.41) is 18.8. The summed E-state index contributed by atoms with van der Waals surface area (Å²) in [6, 6.07) is 10.6.